The Morgan fingerprint density at radius 3 is 3.06 bits per heavy atom. The second-order valence-corrected chi connectivity index (χ2v) is 5.34. The van der Waals surface area contributed by atoms with Crippen LogP contribution in [0.2, 0.25) is 0 Å². The van der Waals surface area contributed by atoms with Gasteiger partial charge in [0.2, 0.25) is 5.95 Å². The van der Waals surface area contributed by atoms with Crippen LogP contribution in [0.15, 0.2) is 12.3 Å². The van der Waals surface area contributed by atoms with Crippen molar-refractivity contribution in [2.24, 2.45) is 11.7 Å². The first-order chi connectivity index (χ1) is 8.56. The number of nitrogens with zero attached hydrogens (tertiary/aromatic N) is 4. The highest BCUT2D eigenvalue weighted by Gasteiger charge is 2.21. The molecule has 18 heavy (non-hydrogen) atoms. The molecule has 1 atom stereocenters. The van der Waals surface area contributed by atoms with Crippen molar-refractivity contribution >= 4 is 23.2 Å². The highest BCUT2D eigenvalue weighted by molar-refractivity contribution is 7.80. The van der Waals surface area contributed by atoms with Crippen LogP contribution in [0.5, 0.6) is 0 Å². The standard InChI is InChI=1S/C12H19N5S/c1-16-6-4-9(7-16)8-17(2)12-14-5-3-10(15-12)11(13)18/h3,5,9H,4,6-8H2,1-2H3,(H2,13,18). The number of anilines is 1. The molecule has 0 saturated carbocycles. The van der Waals surface area contributed by atoms with E-state index in [1.54, 1.807) is 12.3 Å². The molecule has 2 heterocycles. The van der Waals surface area contributed by atoms with E-state index in [1.807, 2.05) is 7.05 Å². The number of thiocarbonyl (C=S) groups is 1. The van der Waals surface area contributed by atoms with E-state index in [0.29, 0.717) is 22.5 Å². The second kappa shape index (κ2) is 5.58. The van der Waals surface area contributed by atoms with Gasteiger partial charge in [0.25, 0.3) is 0 Å². The molecule has 6 heteroatoms. The molecule has 98 valence electrons. The van der Waals surface area contributed by atoms with Crippen LogP contribution in [0.1, 0.15) is 12.1 Å². The minimum atomic E-state index is 0.313. The van der Waals surface area contributed by atoms with Gasteiger partial charge in [-0.3, -0.25) is 0 Å². The Morgan fingerprint density at radius 1 is 1.67 bits per heavy atom. The lowest BCUT2D eigenvalue weighted by Crippen LogP contribution is -2.29. The maximum atomic E-state index is 5.58. The molecule has 1 aliphatic rings. The van der Waals surface area contributed by atoms with Gasteiger partial charge >= 0.3 is 0 Å². The van der Waals surface area contributed by atoms with Crippen LogP contribution >= 0.6 is 12.2 Å². The van der Waals surface area contributed by atoms with Gasteiger partial charge in [-0.15, -0.1) is 0 Å². The van der Waals surface area contributed by atoms with E-state index in [9.17, 15) is 0 Å². The summed E-state index contributed by atoms with van der Waals surface area (Å²) in [7, 11) is 4.17. The normalized spacial score (nSPS) is 20.0. The smallest absolute Gasteiger partial charge is 0.225 e. The minimum absolute atomic E-state index is 0.313. The lowest BCUT2D eigenvalue weighted by atomic mass is 10.1. The average molecular weight is 265 g/mol. The summed E-state index contributed by atoms with van der Waals surface area (Å²) in [6.07, 6.45) is 2.93. The van der Waals surface area contributed by atoms with Crippen molar-refractivity contribution in [3.05, 3.63) is 18.0 Å². The van der Waals surface area contributed by atoms with Crippen molar-refractivity contribution in [2.45, 2.75) is 6.42 Å². The van der Waals surface area contributed by atoms with Crippen LogP contribution < -0.4 is 10.6 Å². The SMILES string of the molecule is CN1CCC(CN(C)c2nccc(C(N)=S)n2)C1. The molecule has 0 amide bonds. The Bertz CT molecular complexity index is 436. The molecule has 0 spiro atoms. The molecule has 1 aromatic heterocycles. The maximum absolute atomic E-state index is 5.58. The van der Waals surface area contributed by atoms with Crippen LogP contribution in [0, 0.1) is 5.92 Å². The lowest BCUT2D eigenvalue weighted by Gasteiger charge is -2.21. The summed E-state index contributed by atoms with van der Waals surface area (Å²) in [6.45, 7) is 3.27. The lowest BCUT2D eigenvalue weighted by molar-refractivity contribution is 0.395. The van der Waals surface area contributed by atoms with Gasteiger partial charge in [-0.2, -0.15) is 0 Å². The third-order valence-electron chi connectivity index (χ3n) is 3.26. The van der Waals surface area contributed by atoms with Crippen molar-refractivity contribution in [3.63, 3.8) is 0 Å². The molecule has 0 radical (unpaired) electrons. The second-order valence-electron chi connectivity index (χ2n) is 4.90. The van der Waals surface area contributed by atoms with E-state index < -0.39 is 0 Å². The van der Waals surface area contributed by atoms with Crippen molar-refractivity contribution < 1.29 is 0 Å². The quantitative estimate of drug-likeness (QED) is 0.800. The molecule has 0 aromatic carbocycles. The predicted octanol–water partition coefficient (Wildman–Crippen LogP) is 0.499. The summed E-state index contributed by atoms with van der Waals surface area (Å²) >= 11 is 4.93. The van der Waals surface area contributed by atoms with Gasteiger partial charge in [-0.05, 0) is 32.0 Å². The van der Waals surface area contributed by atoms with Crippen molar-refractivity contribution in [3.8, 4) is 0 Å². The number of hydrogen-bond donors (Lipinski definition) is 1. The fourth-order valence-electron chi connectivity index (χ4n) is 2.31. The summed E-state index contributed by atoms with van der Waals surface area (Å²) in [5.74, 6) is 1.37. The summed E-state index contributed by atoms with van der Waals surface area (Å²) < 4.78 is 0. The first-order valence-electron chi connectivity index (χ1n) is 6.09. The Morgan fingerprint density at radius 2 is 2.44 bits per heavy atom. The number of aromatic nitrogens is 2. The van der Waals surface area contributed by atoms with Gasteiger partial charge in [-0.1, -0.05) is 12.2 Å². The summed E-state index contributed by atoms with van der Waals surface area (Å²) in [6, 6.07) is 1.74. The van der Waals surface area contributed by atoms with Crippen molar-refractivity contribution in [1.29, 1.82) is 0 Å². The zero-order valence-corrected chi connectivity index (χ0v) is 11.7. The third-order valence-corrected chi connectivity index (χ3v) is 3.47. The van der Waals surface area contributed by atoms with Gasteiger partial charge in [0.1, 0.15) is 10.7 Å². The number of hydrogen-bond acceptors (Lipinski definition) is 5. The van der Waals surface area contributed by atoms with Gasteiger partial charge in [-0.25, -0.2) is 9.97 Å². The molecular formula is C12H19N5S. The zero-order valence-electron chi connectivity index (χ0n) is 10.8. The minimum Gasteiger partial charge on any atom is -0.388 e. The first kappa shape index (κ1) is 13.2. The van der Waals surface area contributed by atoms with Crippen LogP contribution in [-0.4, -0.2) is 53.6 Å². The number of nitrogens with two attached hydrogens (primary N) is 1. The van der Waals surface area contributed by atoms with E-state index >= 15 is 0 Å². The van der Waals surface area contributed by atoms with Gasteiger partial charge in [0.05, 0.1) is 0 Å². The van der Waals surface area contributed by atoms with Crippen LogP contribution in [-0.2, 0) is 0 Å². The van der Waals surface area contributed by atoms with E-state index in [1.165, 1.54) is 13.0 Å². The molecule has 1 aliphatic heterocycles. The molecular weight excluding hydrogens is 246 g/mol. The van der Waals surface area contributed by atoms with E-state index in [-0.39, 0.29) is 0 Å². The third kappa shape index (κ3) is 3.14. The highest BCUT2D eigenvalue weighted by atomic mass is 32.1. The summed E-state index contributed by atoms with van der Waals surface area (Å²) in [5.41, 5.74) is 6.21. The Labute approximate surface area is 113 Å². The molecule has 2 rings (SSSR count). The predicted molar refractivity (Wildman–Crippen MR) is 76.8 cm³/mol. The van der Waals surface area contributed by atoms with Crippen LogP contribution in [0.3, 0.4) is 0 Å². The monoisotopic (exact) mass is 265 g/mol. The van der Waals surface area contributed by atoms with Gasteiger partial charge in [0, 0.05) is 26.3 Å². The number of rotatable bonds is 4. The van der Waals surface area contributed by atoms with Gasteiger partial charge in [0.15, 0.2) is 0 Å². The molecule has 1 unspecified atom stereocenters. The molecule has 0 bridgehead atoms. The van der Waals surface area contributed by atoms with Gasteiger partial charge < -0.3 is 15.5 Å². The molecule has 0 aliphatic carbocycles. The topological polar surface area (TPSA) is 58.3 Å². The van der Waals surface area contributed by atoms with Crippen LogP contribution in [0.4, 0.5) is 5.95 Å². The van der Waals surface area contributed by atoms with Crippen molar-refractivity contribution in [1.82, 2.24) is 14.9 Å². The summed E-state index contributed by atoms with van der Waals surface area (Å²) in [5, 5.41) is 0. The summed E-state index contributed by atoms with van der Waals surface area (Å²) in [4.78, 5) is 13.4. The fourth-order valence-corrected chi connectivity index (χ4v) is 2.43. The largest absolute Gasteiger partial charge is 0.388 e. The first-order valence-corrected chi connectivity index (χ1v) is 6.49. The Kier molecular flexibility index (Phi) is 4.08. The van der Waals surface area contributed by atoms with Crippen LogP contribution in [0.25, 0.3) is 0 Å². The molecule has 1 fully saturated rings. The zero-order chi connectivity index (χ0) is 13.1. The van der Waals surface area contributed by atoms with E-state index in [4.69, 9.17) is 18.0 Å². The molecule has 1 aromatic rings. The van der Waals surface area contributed by atoms with Crippen molar-refractivity contribution in [2.75, 3.05) is 38.6 Å². The highest BCUT2D eigenvalue weighted by Crippen LogP contribution is 2.17. The molecule has 1 saturated heterocycles. The Balaban J connectivity index is 2.02. The molecule has 5 nitrogen and oxygen atoms in total. The maximum Gasteiger partial charge on any atom is 0.225 e. The van der Waals surface area contributed by atoms with E-state index in [0.717, 1.165) is 13.1 Å². The average Bonchev–Trinajstić information content (AvgIpc) is 2.75. The fraction of sp³-hybridized carbons (Fsp3) is 0.583. The Hall–Kier alpha value is -1.27. The van der Waals surface area contributed by atoms with E-state index in [2.05, 4.69) is 26.8 Å². The number of likely N-dealkylation sites (tertiary alicyclic amines) is 1. The molecule has 2 N–H and O–H groups in total.